The second-order valence-corrected chi connectivity index (χ2v) is 30.9. The van der Waals surface area contributed by atoms with Crippen molar-refractivity contribution in [3.8, 4) is 31.7 Å². The minimum absolute atomic E-state index is 0. The van der Waals surface area contributed by atoms with Crippen LogP contribution in [0.2, 0.25) is 0 Å². The number of hydrogen-bond donors (Lipinski definition) is 4. The Morgan fingerprint density at radius 2 is 0.880 bits per heavy atom. The maximum atomic E-state index is 12.9. The lowest BCUT2D eigenvalue weighted by Crippen LogP contribution is -2.24. The molecule has 0 fully saturated rings. The van der Waals surface area contributed by atoms with E-state index in [1.807, 2.05) is 57.5 Å². The number of aromatic carboxylic acids is 2. The molecule has 0 aliphatic rings. The fourth-order valence-electron chi connectivity index (χ4n) is 10.3. The topological polar surface area (TPSA) is 451 Å². The van der Waals surface area contributed by atoms with Gasteiger partial charge in [-0.2, -0.15) is 15.3 Å². The van der Waals surface area contributed by atoms with Crippen molar-refractivity contribution < 1.29 is 62.3 Å². The number of pyridine rings is 5. The van der Waals surface area contributed by atoms with Crippen molar-refractivity contribution >= 4 is 195 Å². The van der Waals surface area contributed by atoms with E-state index in [1.54, 1.807) is 119 Å². The molecule has 0 aliphatic heterocycles. The Balaban J connectivity index is 0.000000158. The summed E-state index contributed by atoms with van der Waals surface area (Å²) >= 11 is 19.8. The number of thiazole rings is 3. The van der Waals surface area contributed by atoms with Crippen molar-refractivity contribution in [1.82, 2.24) is 117 Å². The number of nitrogens with two attached hydrogens (primary N) is 1. The van der Waals surface area contributed by atoms with E-state index in [4.69, 9.17) is 25.8 Å². The lowest BCUT2D eigenvalue weighted by Gasteiger charge is -2.19. The number of alkyl halides is 2. The number of nitrogen functional groups attached to an aromatic ring is 1. The number of carbonyl (C=O) groups excluding carboxylic acids is 4. The summed E-state index contributed by atoms with van der Waals surface area (Å²) in [5.41, 5.74) is 15.5. The number of anilines is 1. The van der Waals surface area contributed by atoms with E-state index in [2.05, 4.69) is 165 Å². The van der Waals surface area contributed by atoms with Crippen molar-refractivity contribution in [2.45, 2.75) is 72.3 Å². The maximum absolute atomic E-state index is 12.9. The summed E-state index contributed by atoms with van der Waals surface area (Å²) in [5.74, 6) is -3.11. The third-order valence-corrected chi connectivity index (χ3v) is 19.9. The Kier molecular flexibility index (Phi) is 31.1. The molecule has 16 heterocycles. The van der Waals surface area contributed by atoms with Crippen LogP contribution in [0.15, 0.2) is 150 Å². The number of aromatic nitrogens is 24. The summed E-state index contributed by atoms with van der Waals surface area (Å²) < 4.78 is 50.2. The van der Waals surface area contributed by atoms with Crippen molar-refractivity contribution in [3.05, 3.63) is 206 Å². The normalized spacial score (nSPS) is 10.9. The smallest absolute Gasteiger partial charge is 0.354 e. The number of ether oxygens (including phenoxy) is 2. The van der Waals surface area contributed by atoms with Gasteiger partial charge in [-0.3, -0.25) is 28.4 Å². The summed E-state index contributed by atoms with van der Waals surface area (Å²) in [5, 5.41) is 66.0. The summed E-state index contributed by atoms with van der Waals surface area (Å²) in [6.45, 7) is 9.08. The molecule has 0 bridgehead atoms. The molecule has 0 amide bonds. The number of methoxy groups -OCH3 is 1. The van der Waals surface area contributed by atoms with Gasteiger partial charge in [-0.1, -0.05) is 13.8 Å². The van der Waals surface area contributed by atoms with Crippen LogP contribution < -0.4 is 5.73 Å². The molecule has 0 unspecified atom stereocenters. The zero-order valence-corrected chi connectivity index (χ0v) is 73.6. The first-order valence-corrected chi connectivity index (χ1v) is 40.3. The molecular weight excluding hydrogens is 1940 g/mol. The zero-order valence-electron chi connectivity index (χ0n) is 62.4. The average Bonchev–Trinajstić information content (AvgIpc) is 1.58. The first kappa shape index (κ1) is 90.1. The predicted octanol–water partition coefficient (Wildman–Crippen LogP) is 13.1. The summed E-state index contributed by atoms with van der Waals surface area (Å²) in [4.78, 5) is 102. The highest BCUT2D eigenvalue weighted by Crippen LogP contribution is 2.33. The molecule has 610 valence electrons. The second-order valence-electron chi connectivity index (χ2n) is 24.8. The number of halogens is 8. The fraction of sp³-hybridized carbons (Fsp3) is 0.229. The monoisotopic (exact) mass is 2000 g/mol. The molecule has 47 heteroatoms. The highest BCUT2D eigenvalue weighted by molar-refractivity contribution is 9.11. The largest absolute Gasteiger partial charge is 0.478 e. The second kappa shape index (κ2) is 40.3. The third kappa shape index (κ3) is 23.7. The number of carboxylic acids is 2. The van der Waals surface area contributed by atoms with E-state index < -0.39 is 30.6 Å². The van der Waals surface area contributed by atoms with Gasteiger partial charge in [0.2, 0.25) is 29.5 Å². The molecule has 16 rings (SSSR count). The molecule has 0 saturated carbocycles. The summed E-state index contributed by atoms with van der Waals surface area (Å²) in [6, 6.07) is 16.9. The van der Waals surface area contributed by atoms with Gasteiger partial charge in [-0.25, -0.2) is 85.6 Å². The number of rotatable bonds is 16. The number of esters is 2. The van der Waals surface area contributed by atoms with E-state index in [9.17, 15) is 37.5 Å². The van der Waals surface area contributed by atoms with Crippen molar-refractivity contribution in [1.29, 1.82) is 0 Å². The van der Waals surface area contributed by atoms with E-state index in [0.717, 1.165) is 57.3 Å². The number of carbonyl (C=O) groups is 6. The van der Waals surface area contributed by atoms with Gasteiger partial charge in [-0.15, -0.1) is 71.9 Å². The first-order valence-electron chi connectivity index (χ1n) is 33.6. The molecule has 36 nitrogen and oxygen atoms in total. The van der Waals surface area contributed by atoms with Gasteiger partial charge in [0.1, 0.15) is 44.3 Å². The van der Waals surface area contributed by atoms with Gasteiger partial charge in [0.25, 0.3) is 6.43 Å². The van der Waals surface area contributed by atoms with E-state index >= 15 is 0 Å². The molecule has 0 atom stereocenters. The van der Waals surface area contributed by atoms with Crippen LogP contribution in [0, 0.1) is 0 Å². The molecule has 0 aliphatic carbocycles. The molecule has 0 aromatic carbocycles. The van der Waals surface area contributed by atoms with Gasteiger partial charge in [0.05, 0.1) is 71.3 Å². The van der Waals surface area contributed by atoms with Crippen LogP contribution in [-0.4, -0.2) is 187 Å². The molecule has 16 aromatic rings. The predicted molar refractivity (Wildman–Crippen MR) is 446 cm³/mol. The van der Waals surface area contributed by atoms with Crippen molar-refractivity contribution in [2.75, 3.05) is 19.5 Å². The molecule has 5 N–H and O–H groups in total. The fourth-order valence-corrected chi connectivity index (χ4v) is 14.7. The third-order valence-electron chi connectivity index (χ3n) is 15.5. The summed E-state index contributed by atoms with van der Waals surface area (Å²) in [6.07, 6.45) is 12.5. The minimum Gasteiger partial charge on any atom is -0.478 e. The number of Topliss-reactive ketones (excluding diaryl/α,β-unsaturated/α-hetero) is 2. The standard InChI is InChI=1S/C16H11BrF2N6OS.C12H14BrN3O2.C11H13N3O2S.C10H11N3O2S.C8H6BrN3O2.C7H4BrN3O2.C6H5BrN4.ClH/c1-24-13(9(6-20-24)15-21-10(7-27-15)14(18)19)11(26)4-8-2-3-25-12(5-8)22-16(17)23-25;1-12(2,3)18-10(17)7-8-4-5-16-9(6-8)14-11(13)15-16;1-3-7-6-17-11(13-7)8-4-12-14(2)10(8)9(16)5-15;1-3-6-5-16-9(12-6)7-4-11-13(2)8(7)10(14)15;1-14-7(13)5-2-3-12-6(4-5)10-8(9)11-12;8-7-9-5-3-4(6(12)13)1-2-11(5)10-7;7-6-9-5-3-4(8)1-2-11(5)10-6;/h2-3,5-7,14H,4H2,1H3;4-6H,7H2,1-3H3;4,6,15H,3,5H2,1-2H3;4-5H,3H2,1-2H3,(H,14,15);2-4H,1H3;1-3H,(H,12,13);1-3H,8H2;1H. The van der Waals surface area contributed by atoms with Gasteiger partial charge in [0.15, 0.2) is 39.7 Å². The lowest BCUT2D eigenvalue weighted by atomic mass is 10.1. The Bertz CT molecular complexity index is 6240. The number of aliphatic hydroxyl groups excluding tert-OH is 1. The highest BCUT2D eigenvalue weighted by atomic mass is 79.9. The van der Waals surface area contributed by atoms with Crippen molar-refractivity contribution in [3.63, 3.8) is 0 Å². The van der Waals surface area contributed by atoms with E-state index in [0.29, 0.717) is 95.6 Å². The molecule has 16 aromatic heterocycles. The maximum Gasteiger partial charge on any atom is 0.354 e. The first-order chi connectivity index (χ1) is 55.2. The average molecular weight is 2000 g/mol. The number of carboxylic acid groups (broad SMARTS) is 2. The van der Waals surface area contributed by atoms with Gasteiger partial charge in [-0.05, 0) is 179 Å². The number of hydrogen-bond acceptors (Lipinski definition) is 29. The van der Waals surface area contributed by atoms with Crippen LogP contribution in [0.1, 0.15) is 121 Å². The minimum atomic E-state index is -2.65. The Morgan fingerprint density at radius 1 is 0.504 bits per heavy atom. The summed E-state index contributed by atoms with van der Waals surface area (Å²) in [7, 11) is 6.27. The molecule has 117 heavy (non-hydrogen) atoms. The Hall–Kier alpha value is -10.9. The molecular formula is C70H65Br5ClF2N25O11S3. The quantitative estimate of drug-likeness (QED) is 0.0515. The van der Waals surface area contributed by atoms with Crippen LogP contribution in [0.25, 0.3) is 59.9 Å². The zero-order chi connectivity index (χ0) is 84.0. The van der Waals surface area contributed by atoms with Crippen LogP contribution >= 0.6 is 126 Å². The van der Waals surface area contributed by atoms with Gasteiger partial charge >= 0.3 is 23.9 Å². The highest BCUT2D eigenvalue weighted by Gasteiger charge is 2.25. The van der Waals surface area contributed by atoms with Crippen LogP contribution in [0.3, 0.4) is 0 Å². The van der Waals surface area contributed by atoms with E-state index in [1.165, 1.54) is 72.1 Å². The van der Waals surface area contributed by atoms with Crippen LogP contribution in [0.4, 0.5) is 14.5 Å². The van der Waals surface area contributed by atoms with Gasteiger partial charge in [0, 0.05) is 86.4 Å². The number of fused-ring (bicyclic) bond motifs is 5. The number of aryl methyl sites for hydroxylation is 5. The lowest BCUT2D eigenvalue weighted by molar-refractivity contribution is -0.153. The molecule has 0 spiro atoms. The van der Waals surface area contributed by atoms with Crippen molar-refractivity contribution in [2.24, 2.45) is 21.1 Å². The molecule has 0 radical (unpaired) electrons. The number of ketones is 2. The Morgan fingerprint density at radius 3 is 1.28 bits per heavy atom. The number of aliphatic hydroxyl groups is 1. The van der Waals surface area contributed by atoms with E-state index in [-0.39, 0.29) is 65.7 Å². The SMILES string of the molecule is CC(C)(C)OC(=O)Cc1ccn2nc(Br)nc2c1.CCc1csc(-c2cnn(C)c2C(=O)CO)n1.CCc1csc(-c2cnn(C)c2C(=O)O)n1.COC(=O)c1ccn2nc(Br)nc2c1.Cl.Cn1ncc(-c2nc(C(F)F)cs2)c1C(=O)Cc1ccn2nc(Br)nc2c1.Nc1ccn2nc(Br)nc2c1.O=C(O)c1ccn2nc(Br)nc2c1. The van der Waals surface area contributed by atoms with Crippen LogP contribution in [0.5, 0.6) is 0 Å². The van der Waals surface area contributed by atoms with Gasteiger partial charge < -0.3 is 30.5 Å². The Labute approximate surface area is 720 Å². The van der Waals surface area contributed by atoms with Crippen LogP contribution in [-0.2, 0) is 61.1 Å². The molecule has 0 saturated heterocycles. The number of nitrogens with zero attached hydrogens (tertiary/aromatic N) is 24.